The predicted molar refractivity (Wildman–Crippen MR) is 67.2 cm³/mol. The van der Waals surface area contributed by atoms with Crippen LogP contribution in [-0.4, -0.2) is 16.5 Å². The Morgan fingerprint density at radius 3 is 2.55 bits per heavy atom. The summed E-state index contributed by atoms with van der Waals surface area (Å²) in [5, 5.41) is 9.75. The molecule has 0 aliphatic rings. The number of pyridine rings is 1. The molecule has 0 saturated heterocycles. The van der Waals surface area contributed by atoms with Gasteiger partial charge in [0.15, 0.2) is 0 Å². The van der Waals surface area contributed by atoms with E-state index in [9.17, 15) is 18.3 Å². The Labute approximate surface area is 112 Å². The summed E-state index contributed by atoms with van der Waals surface area (Å²) in [6, 6.07) is 4.87. The molecule has 1 heterocycles. The highest BCUT2D eigenvalue weighted by Crippen LogP contribution is 2.34. The maximum Gasteiger partial charge on any atom is 0.573 e. The molecule has 20 heavy (non-hydrogen) atoms. The van der Waals surface area contributed by atoms with E-state index >= 15 is 0 Å². The van der Waals surface area contributed by atoms with Gasteiger partial charge in [-0.3, -0.25) is 0 Å². The summed E-state index contributed by atoms with van der Waals surface area (Å²) in [5.74, 6) is -0.277. The highest BCUT2D eigenvalue weighted by Gasteiger charge is 2.31. The number of anilines is 1. The number of phenols is 1. The molecule has 1 aromatic heterocycles. The smallest absolute Gasteiger partial charge is 0.507 e. The van der Waals surface area contributed by atoms with E-state index in [0.717, 1.165) is 18.2 Å². The summed E-state index contributed by atoms with van der Waals surface area (Å²) in [6.45, 7) is 1.71. The first-order valence-electron chi connectivity index (χ1n) is 5.57. The molecule has 0 fully saturated rings. The second-order valence-electron chi connectivity index (χ2n) is 4.15. The van der Waals surface area contributed by atoms with Crippen molar-refractivity contribution in [1.82, 2.24) is 4.98 Å². The largest absolute Gasteiger partial charge is 0.573 e. The van der Waals surface area contributed by atoms with E-state index in [2.05, 4.69) is 9.72 Å². The van der Waals surface area contributed by atoms with E-state index in [0.29, 0.717) is 16.9 Å². The molecular weight excluding hydrogens is 273 g/mol. The number of aromatic hydroxyl groups is 1. The molecule has 106 valence electrons. The molecule has 4 nitrogen and oxygen atoms in total. The molecule has 0 atom stereocenters. The first kappa shape index (κ1) is 14.0. The zero-order valence-electron chi connectivity index (χ0n) is 10.4. The van der Waals surface area contributed by atoms with E-state index in [4.69, 9.17) is 5.73 Å². The summed E-state index contributed by atoms with van der Waals surface area (Å²) in [6.07, 6.45) is -3.42. The van der Waals surface area contributed by atoms with Gasteiger partial charge in [0.1, 0.15) is 17.3 Å². The van der Waals surface area contributed by atoms with Gasteiger partial charge in [-0.25, -0.2) is 4.98 Å². The van der Waals surface area contributed by atoms with Gasteiger partial charge in [0.05, 0.1) is 0 Å². The number of nitrogens with zero attached hydrogens (tertiary/aromatic N) is 1. The molecule has 7 heteroatoms. The van der Waals surface area contributed by atoms with Gasteiger partial charge >= 0.3 is 6.36 Å². The Kier molecular flexibility index (Phi) is 3.44. The van der Waals surface area contributed by atoms with Crippen LogP contribution in [0.15, 0.2) is 30.5 Å². The van der Waals surface area contributed by atoms with E-state index in [1.54, 1.807) is 13.0 Å². The van der Waals surface area contributed by atoms with Crippen molar-refractivity contribution in [2.24, 2.45) is 0 Å². The lowest BCUT2D eigenvalue weighted by molar-refractivity contribution is -0.274. The molecule has 2 aromatic rings. The Bertz CT molecular complexity index is 642. The number of nitrogen functional groups attached to an aromatic ring is 1. The van der Waals surface area contributed by atoms with Gasteiger partial charge in [-0.1, -0.05) is 0 Å². The van der Waals surface area contributed by atoms with Crippen molar-refractivity contribution in [3.05, 3.63) is 36.0 Å². The van der Waals surface area contributed by atoms with Gasteiger partial charge < -0.3 is 15.6 Å². The number of aromatic nitrogens is 1. The fourth-order valence-electron chi connectivity index (χ4n) is 1.68. The Hall–Kier alpha value is -2.44. The first-order chi connectivity index (χ1) is 9.26. The molecule has 0 saturated carbocycles. The molecule has 3 N–H and O–H groups in total. The molecule has 0 unspecified atom stereocenters. The zero-order valence-corrected chi connectivity index (χ0v) is 10.4. The minimum absolute atomic E-state index is 0.175. The molecule has 0 radical (unpaired) electrons. The number of phenolic OH excluding ortho intramolecular Hbond substituents is 1. The average Bonchev–Trinajstić information content (AvgIpc) is 2.33. The van der Waals surface area contributed by atoms with Gasteiger partial charge in [0.2, 0.25) is 0 Å². The van der Waals surface area contributed by atoms with Crippen LogP contribution in [0, 0.1) is 6.92 Å². The lowest BCUT2D eigenvalue weighted by Crippen LogP contribution is -2.17. The minimum atomic E-state index is -4.79. The summed E-state index contributed by atoms with van der Waals surface area (Å²) in [7, 11) is 0. The first-order valence-corrected chi connectivity index (χ1v) is 5.57. The van der Waals surface area contributed by atoms with Crippen LogP contribution in [0.4, 0.5) is 19.0 Å². The minimum Gasteiger partial charge on any atom is -0.507 e. The third kappa shape index (κ3) is 3.11. The van der Waals surface area contributed by atoms with Gasteiger partial charge in [-0.2, -0.15) is 0 Å². The highest BCUT2D eigenvalue weighted by atomic mass is 19.4. The standard InChI is InChI=1S/C13H11F3N2O2/c1-7-4-8(6-18-12(7)17)10-5-9(2-3-11(10)19)20-13(14,15)16/h2-6,19H,1H3,(H2,17,18). The molecule has 0 spiro atoms. The molecule has 0 amide bonds. The van der Waals surface area contributed by atoms with Crippen LogP contribution in [0.2, 0.25) is 0 Å². The maximum atomic E-state index is 12.2. The number of halogens is 3. The van der Waals surface area contributed by atoms with Crippen molar-refractivity contribution in [3.63, 3.8) is 0 Å². The lowest BCUT2D eigenvalue weighted by Gasteiger charge is -2.12. The highest BCUT2D eigenvalue weighted by molar-refractivity contribution is 5.72. The second-order valence-corrected chi connectivity index (χ2v) is 4.15. The number of rotatable bonds is 2. The third-order valence-corrected chi connectivity index (χ3v) is 2.63. The molecule has 0 aliphatic heterocycles. The van der Waals surface area contributed by atoms with Crippen LogP contribution in [0.5, 0.6) is 11.5 Å². The molecule has 0 aliphatic carbocycles. The van der Waals surface area contributed by atoms with Gasteiger partial charge in [-0.05, 0) is 36.8 Å². The van der Waals surface area contributed by atoms with Crippen LogP contribution in [-0.2, 0) is 0 Å². The quantitative estimate of drug-likeness (QED) is 0.888. The van der Waals surface area contributed by atoms with Crippen molar-refractivity contribution in [2.75, 3.05) is 5.73 Å². The van der Waals surface area contributed by atoms with E-state index in [1.165, 1.54) is 6.20 Å². The van der Waals surface area contributed by atoms with Crippen LogP contribution < -0.4 is 10.5 Å². The van der Waals surface area contributed by atoms with E-state index in [-0.39, 0.29) is 11.3 Å². The van der Waals surface area contributed by atoms with Crippen molar-refractivity contribution in [2.45, 2.75) is 13.3 Å². The predicted octanol–water partition coefficient (Wildman–Crippen LogP) is 3.24. The number of nitrogens with two attached hydrogens (primary N) is 1. The topological polar surface area (TPSA) is 68.4 Å². The second kappa shape index (κ2) is 4.92. The third-order valence-electron chi connectivity index (χ3n) is 2.63. The summed E-state index contributed by atoms with van der Waals surface area (Å²) in [5.41, 5.74) is 6.86. The number of ether oxygens (including phenoxy) is 1. The summed E-state index contributed by atoms with van der Waals surface area (Å²) < 4.78 is 40.4. The Morgan fingerprint density at radius 1 is 1.25 bits per heavy atom. The van der Waals surface area contributed by atoms with E-state index < -0.39 is 12.1 Å². The fourth-order valence-corrected chi connectivity index (χ4v) is 1.68. The number of aryl methyl sites for hydroxylation is 1. The number of alkyl halides is 3. The Morgan fingerprint density at radius 2 is 1.95 bits per heavy atom. The van der Waals surface area contributed by atoms with Crippen molar-refractivity contribution < 1.29 is 23.0 Å². The SMILES string of the molecule is Cc1cc(-c2cc(OC(F)(F)F)ccc2O)cnc1N. The molecule has 2 rings (SSSR count). The van der Waals surface area contributed by atoms with Crippen molar-refractivity contribution in [3.8, 4) is 22.6 Å². The number of hydrogen-bond donors (Lipinski definition) is 2. The monoisotopic (exact) mass is 284 g/mol. The summed E-state index contributed by atoms with van der Waals surface area (Å²) >= 11 is 0. The summed E-state index contributed by atoms with van der Waals surface area (Å²) in [4.78, 5) is 3.90. The maximum absolute atomic E-state index is 12.2. The normalized spacial score (nSPS) is 11.4. The van der Waals surface area contributed by atoms with Gasteiger partial charge in [0, 0.05) is 17.3 Å². The number of benzene rings is 1. The van der Waals surface area contributed by atoms with Gasteiger partial charge in [0.25, 0.3) is 0 Å². The van der Waals surface area contributed by atoms with Crippen LogP contribution >= 0.6 is 0 Å². The number of hydrogen-bond acceptors (Lipinski definition) is 4. The van der Waals surface area contributed by atoms with E-state index in [1.807, 2.05) is 0 Å². The van der Waals surface area contributed by atoms with Crippen LogP contribution in [0.25, 0.3) is 11.1 Å². The zero-order chi connectivity index (χ0) is 14.9. The van der Waals surface area contributed by atoms with Crippen LogP contribution in [0.1, 0.15) is 5.56 Å². The fraction of sp³-hybridized carbons (Fsp3) is 0.154. The van der Waals surface area contributed by atoms with Gasteiger partial charge in [-0.15, -0.1) is 13.2 Å². The van der Waals surface area contributed by atoms with Crippen LogP contribution in [0.3, 0.4) is 0 Å². The van der Waals surface area contributed by atoms with Crippen molar-refractivity contribution in [1.29, 1.82) is 0 Å². The lowest BCUT2D eigenvalue weighted by atomic mass is 10.0. The molecule has 1 aromatic carbocycles. The molecule has 0 bridgehead atoms. The Balaban J connectivity index is 2.45. The average molecular weight is 284 g/mol. The van der Waals surface area contributed by atoms with Crippen molar-refractivity contribution >= 4 is 5.82 Å². The molecular formula is C13H11F3N2O2.